The van der Waals surface area contributed by atoms with Crippen LogP contribution in [0, 0.1) is 0 Å². The Balaban J connectivity index is 1.91. The summed E-state index contributed by atoms with van der Waals surface area (Å²) in [7, 11) is 0. The van der Waals surface area contributed by atoms with Crippen LogP contribution in [-0.4, -0.2) is 18.6 Å². The lowest BCUT2D eigenvalue weighted by Gasteiger charge is -2.29. The van der Waals surface area contributed by atoms with Crippen molar-refractivity contribution in [2.75, 3.05) is 6.61 Å². The summed E-state index contributed by atoms with van der Waals surface area (Å²) in [6.45, 7) is 3.80. The van der Waals surface area contributed by atoms with Crippen molar-refractivity contribution in [1.29, 1.82) is 0 Å². The number of urea groups is 1. The molecule has 2 N–H and O–H groups in total. The molecular weight excluding hydrogens is 316 g/mol. The summed E-state index contributed by atoms with van der Waals surface area (Å²) in [6.07, 6.45) is 2.07. The molecule has 1 aliphatic carbocycles. The highest BCUT2D eigenvalue weighted by Crippen LogP contribution is 2.38. The second-order valence-electron chi connectivity index (χ2n) is 6.44. The Morgan fingerprint density at radius 2 is 1.96 bits per heavy atom. The maximum atomic E-state index is 12.5. The Morgan fingerprint density at radius 3 is 2.72 bits per heavy atom. The monoisotopic (exact) mass is 336 g/mol. The molecule has 0 spiro atoms. The Kier molecular flexibility index (Phi) is 3.71. The molecule has 25 heavy (non-hydrogen) atoms. The van der Waals surface area contributed by atoms with Gasteiger partial charge in [0.1, 0.15) is 0 Å². The molecule has 0 saturated heterocycles. The molecular formula is C20H20N2O3. The Hall–Kier alpha value is -2.82. The topological polar surface area (TPSA) is 67.4 Å². The molecule has 4 rings (SSSR count). The van der Waals surface area contributed by atoms with E-state index in [0.29, 0.717) is 17.9 Å². The van der Waals surface area contributed by atoms with Crippen LogP contribution in [0.4, 0.5) is 4.79 Å². The number of hydrogen-bond acceptors (Lipinski definition) is 3. The number of benzene rings is 2. The molecule has 5 heteroatoms. The first-order chi connectivity index (χ1) is 12.1. The molecule has 0 aromatic heterocycles. The van der Waals surface area contributed by atoms with Gasteiger partial charge < -0.3 is 15.4 Å². The molecule has 5 nitrogen and oxygen atoms in total. The fourth-order valence-corrected chi connectivity index (χ4v) is 3.93. The molecule has 0 unspecified atom stereocenters. The van der Waals surface area contributed by atoms with Gasteiger partial charge in [-0.3, -0.25) is 0 Å². The van der Waals surface area contributed by atoms with Gasteiger partial charge in [-0.15, -0.1) is 0 Å². The van der Waals surface area contributed by atoms with Gasteiger partial charge >= 0.3 is 12.0 Å². The zero-order valence-electron chi connectivity index (χ0n) is 14.3. The van der Waals surface area contributed by atoms with E-state index in [1.54, 1.807) is 13.8 Å². The lowest BCUT2D eigenvalue weighted by Crippen LogP contribution is -2.45. The fraction of sp³-hybridized carbons (Fsp3) is 0.300. The van der Waals surface area contributed by atoms with Gasteiger partial charge in [-0.1, -0.05) is 30.3 Å². The number of allylic oxidation sites excluding steroid dienone is 1. The zero-order valence-corrected chi connectivity index (χ0v) is 14.3. The van der Waals surface area contributed by atoms with Crippen molar-refractivity contribution in [1.82, 2.24) is 10.6 Å². The van der Waals surface area contributed by atoms with Crippen molar-refractivity contribution in [3.05, 3.63) is 58.3 Å². The van der Waals surface area contributed by atoms with E-state index in [9.17, 15) is 9.59 Å². The van der Waals surface area contributed by atoms with E-state index < -0.39 is 12.0 Å². The van der Waals surface area contributed by atoms with E-state index in [-0.39, 0.29) is 6.03 Å². The van der Waals surface area contributed by atoms with Crippen LogP contribution in [0.5, 0.6) is 0 Å². The summed E-state index contributed by atoms with van der Waals surface area (Å²) >= 11 is 0. The number of aryl methyl sites for hydroxylation is 2. The molecule has 0 fully saturated rings. The second kappa shape index (κ2) is 5.92. The van der Waals surface area contributed by atoms with E-state index in [2.05, 4.69) is 28.8 Å². The first-order valence-corrected chi connectivity index (χ1v) is 8.59. The molecule has 2 amide bonds. The largest absolute Gasteiger partial charge is 0.463 e. The van der Waals surface area contributed by atoms with Crippen molar-refractivity contribution in [3.8, 4) is 0 Å². The van der Waals surface area contributed by atoms with Gasteiger partial charge in [0.05, 0.1) is 18.2 Å². The van der Waals surface area contributed by atoms with Crippen LogP contribution in [0.25, 0.3) is 10.8 Å². The predicted octanol–water partition coefficient (Wildman–Crippen LogP) is 3.13. The molecule has 1 aliphatic heterocycles. The van der Waals surface area contributed by atoms with E-state index in [0.717, 1.165) is 23.8 Å². The number of esters is 1. The molecule has 2 aromatic carbocycles. The highest BCUT2D eigenvalue weighted by atomic mass is 16.5. The van der Waals surface area contributed by atoms with Crippen LogP contribution in [-0.2, 0) is 22.4 Å². The highest BCUT2D eigenvalue weighted by molar-refractivity contribution is 5.99. The van der Waals surface area contributed by atoms with Crippen LogP contribution in [0.3, 0.4) is 0 Å². The molecule has 2 aromatic rings. The van der Waals surface area contributed by atoms with Crippen LogP contribution >= 0.6 is 0 Å². The van der Waals surface area contributed by atoms with Crippen molar-refractivity contribution in [3.63, 3.8) is 0 Å². The van der Waals surface area contributed by atoms with Crippen LogP contribution in [0.2, 0.25) is 0 Å². The second-order valence-corrected chi connectivity index (χ2v) is 6.44. The van der Waals surface area contributed by atoms with Gasteiger partial charge in [0.15, 0.2) is 0 Å². The van der Waals surface area contributed by atoms with Crippen molar-refractivity contribution >= 4 is 22.8 Å². The number of hydrogen-bond donors (Lipinski definition) is 2. The third-order valence-electron chi connectivity index (χ3n) is 4.99. The smallest absolute Gasteiger partial charge is 0.338 e. The average Bonchev–Trinajstić information content (AvgIpc) is 3.00. The van der Waals surface area contributed by atoms with Crippen LogP contribution in [0.15, 0.2) is 41.6 Å². The quantitative estimate of drug-likeness (QED) is 0.846. The minimum atomic E-state index is -0.516. The molecule has 2 aliphatic rings. The standard InChI is InChI=1S/C20H20N2O3/c1-3-25-19(23)16-11(2)21-20(24)22-18(16)15-10-9-13-8-7-12-5-4-6-14(15)17(12)13/h4-6,9-10,18H,3,7-8H2,1-2H3,(H2,21,22,24)/t18-/m1/s1. The minimum Gasteiger partial charge on any atom is -0.463 e. The van der Waals surface area contributed by atoms with E-state index in [4.69, 9.17) is 4.74 Å². The number of ether oxygens (including phenoxy) is 1. The van der Waals surface area contributed by atoms with Crippen LogP contribution < -0.4 is 10.6 Å². The van der Waals surface area contributed by atoms with E-state index in [1.165, 1.54) is 16.5 Å². The summed E-state index contributed by atoms with van der Waals surface area (Å²) in [5, 5.41) is 7.93. The molecule has 1 atom stereocenters. The van der Waals surface area contributed by atoms with Crippen LogP contribution in [0.1, 0.15) is 36.6 Å². The summed E-state index contributed by atoms with van der Waals surface area (Å²) < 4.78 is 5.22. The lowest BCUT2D eigenvalue weighted by molar-refractivity contribution is -0.139. The van der Waals surface area contributed by atoms with Gasteiger partial charge in [-0.2, -0.15) is 0 Å². The lowest BCUT2D eigenvalue weighted by atomic mass is 9.90. The van der Waals surface area contributed by atoms with Crippen molar-refractivity contribution < 1.29 is 14.3 Å². The van der Waals surface area contributed by atoms with Crippen molar-refractivity contribution in [2.24, 2.45) is 0 Å². The maximum absolute atomic E-state index is 12.5. The number of nitrogens with one attached hydrogen (secondary N) is 2. The molecule has 0 saturated carbocycles. The molecule has 128 valence electrons. The van der Waals surface area contributed by atoms with E-state index >= 15 is 0 Å². The zero-order chi connectivity index (χ0) is 17.6. The average molecular weight is 336 g/mol. The molecule has 0 radical (unpaired) electrons. The highest BCUT2D eigenvalue weighted by Gasteiger charge is 2.33. The number of amides is 2. The molecule has 1 heterocycles. The third-order valence-corrected chi connectivity index (χ3v) is 4.99. The summed E-state index contributed by atoms with van der Waals surface area (Å²) in [5.74, 6) is -0.402. The Morgan fingerprint density at radius 1 is 1.20 bits per heavy atom. The summed E-state index contributed by atoms with van der Waals surface area (Å²) in [4.78, 5) is 24.6. The fourth-order valence-electron chi connectivity index (χ4n) is 3.93. The van der Waals surface area contributed by atoms with Gasteiger partial charge in [0.2, 0.25) is 0 Å². The molecule has 0 bridgehead atoms. The Bertz CT molecular complexity index is 920. The van der Waals surface area contributed by atoms with Gasteiger partial charge in [0, 0.05) is 5.70 Å². The van der Waals surface area contributed by atoms with Gasteiger partial charge in [-0.25, -0.2) is 9.59 Å². The first kappa shape index (κ1) is 15.7. The normalized spacial score (nSPS) is 19.0. The van der Waals surface area contributed by atoms with E-state index in [1.807, 2.05) is 12.1 Å². The van der Waals surface area contributed by atoms with Crippen molar-refractivity contribution in [2.45, 2.75) is 32.7 Å². The first-order valence-electron chi connectivity index (χ1n) is 8.59. The SMILES string of the molecule is CCOC(=O)C1=C(C)NC(=O)N[C@@H]1c1ccc2c3c(cccc13)CC2. The maximum Gasteiger partial charge on any atom is 0.338 e. The predicted molar refractivity (Wildman–Crippen MR) is 95.1 cm³/mol. The third kappa shape index (κ3) is 2.47. The Labute approximate surface area is 146 Å². The number of carbonyl (C=O) groups excluding carboxylic acids is 2. The summed E-state index contributed by atoms with van der Waals surface area (Å²) in [6, 6.07) is 9.57. The minimum absolute atomic E-state index is 0.292. The summed E-state index contributed by atoms with van der Waals surface area (Å²) in [5.41, 5.74) is 4.58. The van der Waals surface area contributed by atoms with Gasteiger partial charge in [0.25, 0.3) is 0 Å². The number of rotatable bonds is 3. The number of carbonyl (C=O) groups is 2. The van der Waals surface area contributed by atoms with Gasteiger partial charge in [-0.05, 0) is 54.2 Å².